The molecule has 0 spiro atoms. The van der Waals surface area contributed by atoms with Crippen molar-refractivity contribution >= 4 is 35.4 Å². The molecule has 0 radical (unpaired) electrons. The van der Waals surface area contributed by atoms with Crippen LogP contribution >= 0.6 is 23.5 Å². The van der Waals surface area contributed by atoms with Crippen molar-refractivity contribution in [1.82, 2.24) is 10.2 Å². The van der Waals surface area contributed by atoms with E-state index in [1.54, 1.807) is 6.92 Å². The third-order valence-electron chi connectivity index (χ3n) is 3.76. The van der Waals surface area contributed by atoms with E-state index >= 15 is 0 Å². The fourth-order valence-electron chi connectivity index (χ4n) is 2.71. The van der Waals surface area contributed by atoms with Gasteiger partial charge in [0.1, 0.15) is 5.37 Å². The Morgan fingerprint density at radius 3 is 2.90 bits per heavy atom. The number of carbonyl (C=O) groups is 2. The Kier molecular flexibility index (Phi) is 3.74. The molecule has 4 atom stereocenters. The number of carboxylic acid groups (broad SMARTS) is 1. The molecule has 2 saturated heterocycles. The van der Waals surface area contributed by atoms with E-state index in [1.807, 2.05) is 0 Å². The van der Waals surface area contributed by atoms with Crippen molar-refractivity contribution in [2.45, 2.75) is 30.1 Å². The summed E-state index contributed by atoms with van der Waals surface area (Å²) in [6, 6.07) is 0. The number of hydrogen-bond acceptors (Lipinski definition) is 6. The van der Waals surface area contributed by atoms with Crippen molar-refractivity contribution in [3.05, 3.63) is 9.93 Å². The summed E-state index contributed by atoms with van der Waals surface area (Å²) in [5, 5.41) is 22.3. The van der Waals surface area contributed by atoms with Crippen molar-refractivity contribution in [3.63, 3.8) is 0 Å². The maximum Gasteiger partial charge on any atom is 0.354 e. The smallest absolute Gasteiger partial charge is 0.354 e. The van der Waals surface area contributed by atoms with Crippen LogP contribution in [0.5, 0.6) is 0 Å². The number of carbonyl (C=O) groups excluding carboxylic acids is 1. The normalized spacial score (nSPS) is 34.2. The zero-order chi connectivity index (χ0) is 14.4. The van der Waals surface area contributed by atoms with Crippen molar-refractivity contribution in [1.29, 1.82) is 0 Å². The molecule has 0 aromatic carbocycles. The molecule has 20 heavy (non-hydrogen) atoms. The fourth-order valence-corrected chi connectivity index (χ4v) is 6.00. The quantitative estimate of drug-likeness (QED) is 0.640. The van der Waals surface area contributed by atoms with Crippen LogP contribution < -0.4 is 5.32 Å². The number of carboxylic acids is 1. The zero-order valence-electron chi connectivity index (χ0n) is 10.9. The van der Waals surface area contributed by atoms with Crippen LogP contribution in [0, 0.1) is 5.92 Å². The van der Waals surface area contributed by atoms with Crippen molar-refractivity contribution < 1.29 is 19.8 Å². The van der Waals surface area contributed by atoms with Crippen LogP contribution in [-0.2, 0) is 9.59 Å². The van der Waals surface area contributed by atoms with Gasteiger partial charge in [-0.2, -0.15) is 0 Å². The standard InChI is InChI=1S/C12H16N2O4S2/c1-5(15)7-9(16)14-8(11(17)18)12(20-10(7)14)19-6-2-3-13-4-6/h5-7,10,13,15H,2-4H2,1H3,(H,17,18)/t5?,6?,7?,10-/m1/s1. The monoisotopic (exact) mass is 316 g/mol. The number of aliphatic hydroxyl groups excluding tert-OH is 1. The minimum atomic E-state index is -1.06. The van der Waals surface area contributed by atoms with Crippen molar-refractivity contribution in [3.8, 4) is 0 Å². The summed E-state index contributed by atoms with van der Waals surface area (Å²) in [4.78, 5) is 24.8. The van der Waals surface area contributed by atoms with Gasteiger partial charge in [-0.05, 0) is 19.9 Å². The first kappa shape index (κ1) is 14.2. The van der Waals surface area contributed by atoms with Crippen LogP contribution in [0.4, 0.5) is 0 Å². The number of β-lactam (4-membered cyclic amide) rings is 1. The van der Waals surface area contributed by atoms with Gasteiger partial charge in [-0.3, -0.25) is 9.69 Å². The van der Waals surface area contributed by atoms with Gasteiger partial charge >= 0.3 is 5.97 Å². The van der Waals surface area contributed by atoms with Crippen LogP contribution in [0.3, 0.4) is 0 Å². The molecule has 0 aromatic heterocycles. The third kappa shape index (κ3) is 2.14. The number of thioether (sulfide) groups is 2. The van der Waals surface area contributed by atoms with Gasteiger partial charge in [0.2, 0.25) is 5.91 Å². The summed E-state index contributed by atoms with van der Waals surface area (Å²) in [6.45, 7) is 3.38. The average molecular weight is 316 g/mol. The number of aliphatic carboxylic acids is 1. The van der Waals surface area contributed by atoms with Gasteiger partial charge < -0.3 is 15.5 Å². The van der Waals surface area contributed by atoms with Crippen LogP contribution in [0.2, 0.25) is 0 Å². The zero-order valence-corrected chi connectivity index (χ0v) is 12.5. The number of fused-ring (bicyclic) bond motifs is 1. The predicted octanol–water partition coefficient (Wildman–Crippen LogP) is 0.247. The number of rotatable bonds is 4. The topological polar surface area (TPSA) is 89.9 Å². The first-order valence-corrected chi connectivity index (χ1v) is 8.29. The SMILES string of the molecule is CC(O)C1C(=O)N2C(C(=O)O)=C(SC3CCNC3)S[C@H]12. The second-order valence-electron chi connectivity index (χ2n) is 5.16. The Labute approximate surface area is 125 Å². The number of hydrogen-bond donors (Lipinski definition) is 3. The van der Waals surface area contributed by atoms with E-state index in [9.17, 15) is 19.8 Å². The molecule has 3 aliphatic rings. The molecule has 3 unspecified atom stereocenters. The van der Waals surface area contributed by atoms with E-state index in [0.29, 0.717) is 9.49 Å². The lowest BCUT2D eigenvalue weighted by Gasteiger charge is -2.43. The summed E-state index contributed by atoms with van der Waals surface area (Å²) in [5.74, 6) is -1.84. The van der Waals surface area contributed by atoms with Gasteiger partial charge in [0.05, 0.1) is 16.3 Å². The molecule has 6 nitrogen and oxygen atoms in total. The van der Waals surface area contributed by atoms with E-state index in [0.717, 1.165) is 19.5 Å². The summed E-state index contributed by atoms with van der Waals surface area (Å²) in [5.41, 5.74) is 0.0961. The van der Waals surface area contributed by atoms with Gasteiger partial charge in [0.25, 0.3) is 0 Å². The molecule has 1 amide bonds. The Hall–Kier alpha value is -0.700. The maximum atomic E-state index is 12.0. The number of nitrogens with zero attached hydrogens (tertiary/aromatic N) is 1. The lowest BCUT2D eigenvalue weighted by molar-refractivity contribution is -0.156. The summed E-state index contributed by atoms with van der Waals surface area (Å²) in [7, 11) is 0. The van der Waals surface area contributed by atoms with E-state index in [-0.39, 0.29) is 17.0 Å². The van der Waals surface area contributed by atoms with Gasteiger partial charge in [-0.15, -0.1) is 11.8 Å². The Morgan fingerprint density at radius 1 is 1.60 bits per heavy atom. The Bertz CT molecular complexity index is 488. The molecule has 3 aliphatic heterocycles. The molecule has 0 saturated carbocycles. The predicted molar refractivity (Wildman–Crippen MR) is 76.9 cm³/mol. The molecule has 0 aliphatic carbocycles. The lowest BCUT2D eigenvalue weighted by atomic mass is 9.92. The number of aliphatic hydroxyl groups is 1. The van der Waals surface area contributed by atoms with Crippen LogP contribution in [0.25, 0.3) is 0 Å². The lowest BCUT2D eigenvalue weighted by Crippen LogP contribution is -2.60. The second kappa shape index (κ2) is 5.25. The highest BCUT2D eigenvalue weighted by atomic mass is 32.2. The molecule has 3 heterocycles. The molecule has 0 aromatic rings. The summed E-state index contributed by atoms with van der Waals surface area (Å²) >= 11 is 2.94. The maximum absolute atomic E-state index is 12.0. The molecule has 3 rings (SSSR count). The van der Waals surface area contributed by atoms with Gasteiger partial charge in [0, 0.05) is 11.8 Å². The third-order valence-corrected chi connectivity index (χ3v) is 6.63. The summed E-state index contributed by atoms with van der Waals surface area (Å²) in [6.07, 6.45) is 0.254. The highest BCUT2D eigenvalue weighted by molar-refractivity contribution is 8.23. The minimum absolute atomic E-state index is 0.0961. The first-order valence-electron chi connectivity index (χ1n) is 6.53. The minimum Gasteiger partial charge on any atom is -0.477 e. The summed E-state index contributed by atoms with van der Waals surface area (Å²) < 4.78 is 0.702. The average Bonchev–Trinajstić information content (AvgIpc) is 2.95. The molecule has 8 heteroatoms. The Balaban J connectivity index is 1.81. The molecule has 2 fully saturated rings. The van der Waals surface area contributed by atoms with Gasteiger partial charge in [-0.25, -0.2) is 4.79 Å². The largest absolute Gasteiger partial charge is 0.477 e. The number of nitrogens with one attached hydrogen (secondary N) is 1. The van der Waals surface area contributed by atoms with E-state index < -0.39 is 18.0 Å². The number of amides is 1. The fraction of sp³-hybridized carbons (Fsp3) is 0.667. The van der Waals surface area contributed by atoms with Crippen LogP contribution in [-0.4, -0.2) is 56.8 Å². The van der Waals surface area contributed by atoms with Gasteiger partial charge in [-0.1, -0.05) is 11.8 Å². The molecule has 3 N–H and O–H groups in total. The highest BCUT2D eigenvalue weighted by Gasteiger charge is 2.57. The molecular formula is C12H16N2O4S2. The first-order chi connectivity index (χ1) is 9.50. The van der Waals surface area contributed by atoms with Crippen molar-refractivity contribution in [2.24, 2.45) is 5.92 Å². The molecule has 110 valence electrons. The molecular weight excluding hydrogens is 300 g/mol. The van der Waals surface area contributed by atoms with E-state index in [2.05, 4.69) is 5.32 Å². The molecule has 0 bridgehead atoms. The Morgan fingerprint density at radius 2 is 2.35 bits per heavy atom. The van der Waals surface area contributed by atoms with E-state index in [1.165, 1.54) is 28.4 Å². The van der Waals surface area contributed by atoms with Crippen molar-refractivity contribution in [2.75, 3.05) is 13.1 Å². The van der Waals surface area contributed by atoms with Crippen LogP contribution in [0.1, 0.15) is 13.3 Å². The van der Waals surface area contributed by atoms with Crippen LogP contribution in [0.15, 0.2) is 9.93 Å². The highest BCUT2D eigenvalue weighted by Crippen LogP contribution is 2.54. The van der Waals surface area contributed by atoms with E-state index in [4.69, 9.17) is 0 Å². The second-order valence-corrected chi connectivity index (χ2v) is 7.85. The van der Waals surface area contributed by atoms with Gasteiger partial charge in [0.15, 0.2) is 5.70 Å².